The van der Waals surface area contributed by atoms with Crippen molar-refractivity contribution in [2.75, 3.05) is 6.54 Å². The minimum absolute atomic E-state index is 0.287. The van der Waals surface area contributed by atoms with Gasteiger partial charge in [-0.3, -0.25) is 4.79 Å². The Morgan fingerprint density at radius 3 is 2.77 bits per heavy atom. The van der Waals surface area contributed by atoms with Gasteiger partial charge in [-0.2, -0.15) is 0 Å². The molecule has 2 aliphatic rings. The maximum Gasteiger partial charge on any atom is 0.238 e. The molecule has 0 bridgehead atoms. The zero-order valence-electron chi connectivity index (χ0n) is 12.5. The van der Waals surface area contributed by atoms with E-state index in [0.29, 0.717) is 18.9 Å². The standard InChI is InChI=1S/C17H21NO3S/c1-2-3-12-4-5-14-11-15(7-6-13(14)10-12)22(20,21)16-8-9-18-17(16)19/h2,6-7,11-12,16H,1,3-5,8-10H2,(H,18,19). The second-order valence-corrected chi connectivity index (χ2v) is 8.31. The Hall–Kier alpha value is -1.62. The van der Waals surface area contributed by atoms with E-state index in [1.54, 1.807) is 12.1 Å². The van der Waals surface area contributed by atoms with Gasteiger partial charge in [-0.05, 0) is 61.3 Å². The number of allylic oxidation sites excluding steroid dienone is 1. The Bertz CT molecular complexity index is 709. The van der Waals surface area contributed by atoms with Crippen LogP contribution in [0, 0.1) is 5.92 Å². The second kappa shape index (κ2) is 5.88. The van der Waals surface area contributed by atoms with E-state index in [-0.39, 0.29) is 10.8 Å². The van der Waals surface area contributed by atoms with E-state index in [9.17, 15) is 13.2 Å². The highest BCUT2D eigenvalue weighted by Crippen LogP contribution is 2.31. The predicted molar refractivity (Wildman–Crippen MR) is 85.4 cm³/mol. The monoisotopic (exact) mass is 319 g/mol. The van der Waals surface area contributed by atoms with Gasteiger partial charge in [0.1, 0.15) is 5.25 Å². The van der Waals surface area contributed by atoms with Gasteiger partial charge in [0.2, 0.25) is 5.91 Å². The first-order chi connectivity index (χ1) is 10.5. The Morgan fingerprint density at radius 1 is 1.27 bits per heavy atom. The van der Waals surface area contributed by atoms with E-state index >= 15 is 0 Å². The molecule has 2 unspecified atom stereocenters. The zero-order chi connectivity index (χ0) is 15.7. The molecule has 1 heterocycles. The van der Waals surface area contributed by atoms with Gasteiger partial charge in [-0.25, -0.2) is 8.42 Å². The second-order valence-electron chi connectivity index (χ2n) is 6.18. The molecule has 4 nitrogen and oxygen atoms in total. The number of amides is 1. The summed E-state index contributed by atoms with van der Waals surface area (Å²) in [6.45, 7) is 4.23. The molecule has 22 heavy (non-hydrogen) atoms. The number of hydrogen-bond donors (Lipinski definition) is 1. The molecule has 118 valence electrons. The molecule has 0 spiro atoms. The molecule has 2 atom stereocenters. The molecular weight excluding hydrogens is 298 g/mol. The summed E-state index contributed by atoms with van der Waals surface area (Å²) in [5.74, 6) is 0.233. The lowest BCUT2D eigenvalue weighted by atomic mass is 9.82. The fourth-order valence-electron chi connectivity index (χ4n) is 3.45. The van der Waals surface area contributed by atoms with E-state index < -0.39 is 15.1 Å². The summed E-state index contributed by atoms with van der Waals surface area (Å²) in [5.41, 5.74) is 2.34. The summed E-state index contributed by atoms with van der Waals surface area (Å²) in [7, 11) is -3.57. The first-order valence-electron chi connectivity index (χ1n) is 7.76. The van der Waals surface area contributed by atoms with Crippen molar-refractivity contribution in [2.24, 2.45) is 5.92 Å². The third-order valence-electron chi connectivity index (χ3n) is 4.71. The van der Waals surface area contributed by atoms with Gasteiger partial charge >= 0.3 is 0 Å². The number of sulfone groups is 1. The van der Waals surface area contributed by atoms with Crippen LogP contribution in [0.5, 0.6) is 0 Å². The number of carbonyl (C=O) groups excluding carboxylic acids is 1. The Balaban J connectivity index is 1.88. The molecular formula is C17H21NO3S. The molecule has 0 radical (unpaired) electrons. The lowest BCUT2D eigenvalue weighted by Crippen LogP contribution is -2.30. The van der Waals surface area contributed by atoms with Crippen molar-refractivity contribution in [1.82, 2.24) is 5.32 Å². The van der Waals surface area contributed by atoms with Gasteiger partial charge < -0.3 is 5.32 Å². The predicted octanol–water partition coefficient (Wildman–Crippen LogP) is 2.03. The number of rotatable bonds is 4. The molecule has 1 aromatic carbocycles. The Kier molecular flexibility index (Phi) is 4.08. The van der Waals surface area contributed by atoms with Crippen LogP contribution in [0.15, 0.2) is 35.7 Å². The Morgan fingerprint density at radius 2 is 2.09 bits per heavy atom. The zero-order valence-corrected chi connectivity index (χ0v) is 13.4. The molecule has 0 aromatic heterocycles. The van der Waals surface area contributed by atoms with E-state index in [0.717, 1.165) is 31.2 Å². The van der Waals surface area contributed by atoms with E-state index in [1.807, 2.05) is 12.1 Å². The van der Waals surface area contributed by atoms with Crippen LogP contribution in [0.4, 0.5) is 0 Å². The summed E-state index contributed by atoms with van der Waals surface area (Å²) in [6, 6.07) is 5.36. The van der Waals surface area contributed by atoms with Crippen molar-refractivity contribution in [3.05, 3.63) is 42.0 Å². The van der Waals surface area contributed by atoms with Gasteiger partial charge in [0.05, 0.1) is 4.90 Å². The van der Waals surface area contributed by atoms with Gasteiger partial charge in [-0.1, -0.05) is 12.1 Å². The largest absolute Gasteiger partial charge is 0.355 e. The highest BCUT2D eigenvalue weighted by Gasteiger charge is 2.37. The topological polar surface area (TPSA) is 63.2 Å². The van der Waals surface area contributed by atoms with Crippen LogP contribution in [-0.4, -0.2) is 26.1 Å². The van der Waals surface area contributed by atoms with Crippen LogP contribution in [0.1, 0.15) is 30.4 Å². The SMILES string of the molecule is C=CCC1CCc2cc(S(=O)(=O)C3CCNC3=O)ccc2C1. The number of aryl methyl sites for hydroxylation is 1. The number of carbonyl (C=O) groups is 1. The van der Waals surface area contributed by atoms with Crippen molar-refractivity contribution in [2.45, 2.75) is 42.2 Å². The first kappa shape index (κ1) is 15.3. The molecule has 1 aliphatic heterocycles. The summed E-state index contributed by atoms with van der Waals surface area (Å²) in [5, 5.41) is 1.67. The Labute approximate surface area is 131 Å². The molecule has 1 amide bonds. The summed E-state index contributed by atoms with van der Waals surface area (Å²) < 4.78 is 25.2. The molecule has 0 saturated carbocycles. The van der Waals surface area contributed by atoms with Gasteiger partial charge in [0, 0.05) is 6.54 Å². The maximum absolute atomic E-state index is 12.6. The van der Waals surface area contributed by atoms with Crippen molar-refractivity contribution >= 4 is 15.7 Å². The maximum atomic E-state index is 12.6. The first-order valence-corrected chi connectivity index (χ1v) is 9.31. The van der Waals surface area contributed by atoms with Crippen LogP contribution < -0.4 is 5.32 Å². The fraction of sp³-hybridized carbons (Fsp3) is 0.471. The average molecular weight is 319 g/mol. The van der Waals surface area contributed by atoms with Gasteiger partial charge in [0.25, 0.3) is 0 Å². The number of hydrogen-bond acceptors (Lipinski definition) is 3. The van der Waals surface area contributed by atoms with E-state index in [4.69, 9.17) is 0 Å². The summed E-state index contributed by atoms with van der Waals surface area (Å²) >= 11 is 0. The number of fused-ring (bicyclic) bond motifs is 1. The van der Waals surface area contributed by atoms with Crippen molar-refractivity contribution in [1.29, 1.82) is 0 Å². The molecule has 1 fully saturated rings. The van der Waals surface area contributed by atoms with Crippen LogP contribution in [-0.2, 0) is 27.5 Å². The molecule has 1 N–H and O–H groups in total. The molecule has 5 heteroatoms. The third-order valence-corrected chi connectivity index (χ3v) is 6.82. The van der Waals surface area contributed by atoms with Crippen molar-refractivity contribution < 1.29 is 13.2 Å². The van der Waals surface area contributed by atoms with Crippen LogP contribution in [0.3, 0.4) is 0 Å². The number of nitrogens with one attached hydrogen (secondary N) is 1. The van der Waals surface area contributed by atoms with Crippen molar-refractivity contribution in [3.63, 3.8) is 0 Å². The normalized spacial score (nSPS) is 24.6. The fourth-order valence-corrected chi connectivity index (χ4v) is 5.14. The number of benzene rings is 1. The highest BCUT2D eigenvalue weighted by atomic mass is 32.2. The summed E-state index contributed by atoms with van der Waals surface area (Å²) in [4.78, 5) is 12.0. The highest BCUT2D eigenvalue weighted by molar-refractivity contribution is 7.92. The van der Waals surface area contributed by atoms with Crippen LogP contribution >= 0.6 is 0 Å². The van der Waals surface area contributed by atoms with Crippen molar-refractivity contribution in [3.8, 4) is 0 Å². The van der Waals surface area contributed by atoms with Gasteiger partial charge in [0.15, 0.2) is 9.84 Å². The van der Waals surface area contributed by atoms with E-state index in [1.165, 1.54) is 5.56 Å². The van der Waals surface area contributed by atoms with Crippen LogP contribution in [0.2, 0.25) is 0 Å². The molecule has 1 saturated heterocycles. The third kappa shape index (κ3) is 2.70. The van der Waals surface area contributed by atoms with Crippen LogP contribution in [0.25, 0.3) is 0 Å². The minimum atomic E-state index is -3.57. The molecule has 3 rings (SSSR count). The smallest absolute Gasteiger partial charge is 0.238 e. The quantitative estimate of drug-likeness (QED) is 0.864. The van der Waals surface area contributed by atoms with E-state index in [2.05, 4.69) is 11.9 Å². The lowest BCUT2D eigenvalue weighted by Gasteiger charge is -2.24. The molecule has 1 aliphatic carbocycles. The summed E-state index contributed by atoms with van der Waals surface area (Å²) in [6.07, 6.45) is 6.25. The molecule has 1 aromatic rings. The van der Waals surface area contributed by atoms with Gasteiger partial charge in [-0.15, -0.1) is 6.58 Å². The lowest BCUT2D eigenvalue weighted by molar-refractivity contribution is -0.118. The average Bonchev–Trinajstić information content (AvgIpc) is 2.94. The minimum Gasteiger partial charge on any atom is -0.355 e.